The molecule has 1 aromatic heterocycles. The first kappa shape index (κ1) is 25.2. The van der Waals surface area contributed by atoms with Crippen molar-refractivity contribution in [1.82, 2.24) is 4.57 Å². The molecule has 0 bridgehead atoms. The van der Waals surface area contributed by atoms with Gasteiger partial charge in [0.1, 0.15) is 12.4 Å². The number of aryl methyl sites for hydroxylation is 2. The number of rotatable bonds is 11. The van der Waals surface area contributed by atoms with Gasteiger partial charge in [-0.25, -0.2) is 0 Å². The highest BCUT2D eigenvalue weighted by Gasteiger charge is 2.16. The molecule has 4 rings (SSSR count). The van der Waals surface area contributed by atoms with Crippen molar-refractivity contribution in [2.24, 2.45) is 5.92 Å². The van der Waals surface area contributed by atoms with Crippen LogP contribution in [0.25, 0.3) is 10.9 Å². The van der Waals surface area contributed by atoms with E-state index in [9.17, 15) is 9.59 Å². The SMILES string of the molecule is CC(C)CCc1ccc(OCc2cccc(C(=O)n3cc(CCCC(=O)O)c4ccccc43)c2)cc1. The van der Waals surface area contributed by atoms with Crippen LogP contribution in [0.15, 0.2) is 79.0 Å². The molecule has 1 heterocycles. The van der Waals surface area contributed by atoms with Gasteiger partial charge in [0.15, 0.2) is 0 Å². The average molecular weight is 484 g/mol. The maximum Gasteiger partial charge on any atom is 0.303 e. The molecule has 5 nitrogen and oxygen atoms in total. The van der Waals surface area contributed by atoms with E-state index in [0.29, 0.717) is 30.9 Å². The van der Waals surface area contributed by atoms with Gasteiger partial charge in [0, 0.05) is 23.6 Å². The van der Waals surface area contributed by atoms with E-state index in [1.807, 2.05) is 66.9 Å². The van der Waals surface area contributed by atoms with Gasteiger partial charge in [0.25, 0.3) is 5.91 Å². The monoisotopic (exact) mass is 483 g/mol. The molecule has 0 fully saturated rings. The number of nitrogens with zero attached hydrogens (tertiary/aromatic N) is 1. The number of para-hydroxylation sites is 1. The Morgan fingerprint density at radius 2 is 1.69 bits per heavy atom. The van der Waals surface area contributed by atoms with E-state index in [-0.39, 0.29) is 12.3 Å². The number of carboxylic acid groups (broad SMARTS) is 1. The van der Waals surface area contributed by atoms with Crippen LogP contribution in [0.3, 0.4) is 0 Å². The molecule has 0 radical (unpaired) electrons. The molecule has 0 saturated heterocycles. The van der Waals surface area contributed by atoms with Crippen LogP contribution < -0.4 is 4.74 Å². The van der Waals surface area contributed by atoms with Crippen molar-refractivity contribution in [3.8, 4) is 5.75 Å². The van der Waals surface area contributed by atoms with Crippen molar-refractivity contribution in [3.63, 3.8) is 0 Å². The fraction of sp³-hybridized carbons (Fsp3) is 0.290. The Balaban J connectivity index is 1.46. The summed E-state index contributed by atoms with van der Waals surface area (Å²) >= 11 is 0. The summed E-state index contributed by atoms with van der Waals surface area (Å²) in [6.07, 6.45) is 5.33. The lowest BCUT2D eigenvalue weighted by Gasteiger charge is -2.10. The maximum absolute atomic E-state index is 13.5. The highest BCUT2D eigenvalue weighted by atomic mass is 16.5. The molecule has 0 aliphatic carbocycles. The van der Waals surface area contributed by atoms with Crippen molar-refractivity contribution in [2.75, 3.05) is 0 Å². The second kappa shape index (κ2) is 11.7. The summed E-state index contributed by atoms with van der Waals surface area (Å²) in [7, 11) is 0. The van der Waals surface area contributed by atoms with Crippen molar-refractivity contribution in [2.45, 2.75) is 52.6 Å². The van der Waals surface area contributed by atoms with E-state index in [1.54, 1.807) is 4.57 Å². The normalized spacial score (nSPS) is 11.2. The molecule has 0 spiro atoms. The molecule has 3 aromatic carbocycles. The van der Waals surface area contributed by atoms with E-state index in [4.69, 9.17) is 9.84 Å². The van der Waals surface area contributed by atoms with E-state index < -0.39 is 5.97 Å². The summed E-state index contributed by atoms with van der Waals surface area (Å²) < 4.78 is 7.65. The van der Waals surface area contributed by atoms with Gasteiger partial charge in [-0.05, 0) is 78.6 Å². The minimum Gasteiger partial charge on any atom is -0.489 e. The van der Waals surface area contributed by atoms with E-state index in [0.717, 1.165) is 34.2 Å². The third-order valence-corrected chi connectivity index (χ3v) is 6.36. The zero-order valence-electron chi connectivity index (χ0n) is 20.9. The van der Waals surface area contributed by atoms with Crippen molar-refractivity contribution in [3.05, 3.63) is 101 Å². The Hall–Kier alpha value is -3.86. The Bertz CT molecular complexity index is 1330. The number of aromatic nitrogens is 1. The zero-order valence-corrected chi connectivity index (χ0v) is 20.9. The number of fused-ring (bicyclic) bond motifs is 1. The second-order valence-electron chi connectivity index (χ2n) is 9.66. The number of hydrogen-bond acceptors (Lipinski definition) is 3. The van der Waals surface area contributed by atoms with E-state index in [1.165, 1.54) is 12.0 Å². The van der Waals surface area contributed by atoms with Crippen LogP contribution in [-0.2, 0) is 24.2 Å². The molecule has 0 saturated carbocycles. The summed E-state index contributed by atoms with van der Waals surface area (Å²) in [5.41, 5.74) is 4.62. The molecule has 1 N–H and O–H groups in total. The number of carboxylic acids is 1. The minimum absolute atomic E-state index is 0.107. The minimum atomic E-state index is -0.809. The van der Waals surface area contributed by atoms with Crippen LogP contribution in [-0.4, -0.2) is 21.6 Å². The van der Waals surface area contributed by atoms with Crippen LogP contribution >= 0.6 is 0 Å². The molecule has 5 heteroatoms. The summed E-state index contributed by atoms with van der Waals surface area (Å²) in [5.74, 6) is 0.564. The fourth-order valence-electron chi connectivity index (χ4n) is 4.36. The first-order chi connectivity index (χ1) is 17.4. The largest absolute Gasteiger partial charge is 0.489 e. The van der Waals surface area contributed by atoms with Gasteiger partial charge in [-0.1, -0.05) is 56.3 Å². The quantitative estimate of drug-likeness (QED) is 0.252. The van der Waals surface area contributed by atoms with Crippen LogP contribution in [0.4, 0.5) is 0 Å². The van der Waals surface area contributed by atoms with Crippen molar-refractivity contribution < 1.29 is 19.4 Å². The summed E-state index contributed by atoms with van der Waals surface area (Å²) in [5, 5.41) is 9.95. The molecule has 186 valence electrons. The van der Waals surface area contributed by atoms with Gasteiger partial charge in [0.05, 0.1) is 5.52 Å². The summed E-state index contributed by atoms with van der Waals surface area (Å²) in [6.45, 7) is 4.84. The molecule has 4 aromatic rings. The predicted octanol–water partition coefficient (Wildman–Crippen LogP) is 6.90. The molecule has 0 aliphatic rings. The van der Waals surface area contributed by atoms with Gasteiger partial charge >= 0.3 is 5.97 Å². The third-order valence-electron chi connectivity index (χ3n) is 6.36. The van der Waals surface area contributed by atoms with Crippen LogP contribution in [0.1, 0.15) is 60.2 Å². The molecule has 0 aliphatic heterocycles. The zero-order chi connectivity index (χ0) is 25.5. The first-order valence-electron chi connectivity index (χ1n) is 12.6. The molecule has 36 heavy (non-hydrogen) atoms. The fourth-order valence-corrected chi connectivity index (χ4v) is 4.36. The van der Waals surface area contributed by atoms with Gasteiger partial charge in [-0.3, -0.25) is 14.2 Å². The lowest BCUT2D eigenvalue weighted by atomic mass is 10.0. The number of benzene rings is 3. The Morgan fingerprint density at radius 3 is 2.44 bits per heavy atom. The Morgan fingerprint density at radius 1 is 0.917 bits per heavy atom. The van der Waals surface area contributed by atoms with Crippen LogP contribution in [0.5, 0.6) is 5.75 Å². The molecular formula is C31H33NO4. The second-order valence-corrected chi connectivity index (χ2v) is 9.66. The molecular weight excluding hydrogens is 450 g/mol. The smallest absolute Gasteiger partial charge is 0.303 e. The van der Waals surface area contributed by atoms with E-state index in [2.05, 4.69) is 26.0 Å². The number of hydrogen-bond donors (Lipinski definition) is 1. The summed E-state index contributed by atoms with van der Waals surface area (Å²) in [6, 6.07) is 23.5. The predicted molar refractivity (Wildman–Crippen MR) is 143 cm³/mol. The van der Waals surface area contributed by atoms with Crippen molar-refractivity contribution >= 4 is 22.8 Å². The van der Waals surface area contributed by atoms with E-state index >= 15 is 0 Å². The van der Waals surface area contributed by atoms with Crippen LogP contribution in [0, 0.1) is 5.92 Å². The highest BCUT2D eigenvalue weighted by Crippen LogP contribution is 2.24. The van der Waals surface area contributed by atoms with Gasteiger partial charge in [-0.2, -0.15) is 0 Å². The standard InChI is InChI=1S/C31H33NO4/c1-22(2)13-14-23-15-17-27(18-16-23)36-21-24-7-5-8-25(19-24)31(35)32-20-26(9-6-12-30(33)34)28-10-3-4-11-29(28)32/h3-5,7-8,10-11,15-20,22H,6,9,12-14,21H2,1-2H3,(H,33,34). The van der Waals surface area contributed by atoms with Gasteiger partial charge in [0.2, 0.25) is 0 Å². The lowest BCUT2D eigenvalue weighted by Crippen LogP contribution is -2.11. The van der Waals surface area contributed by atoms with Gasteiger partial charge in [-0.15, -0.1) is 0 Å². The summed E-state index contributed by atoms with van der Waals surface area (Å²) in [4.78, 5) is 24.4. The third kappa shape index (κ3) is 6.42. The molecule has 0 amide bonds. The Labute approximate surface area is 212 Å². The number of aliphatic carboxylic acids is 1. The molecule has 0 atom stereocenters. The first-order valence-corrected chi connectivity index (χ1v) is 12.6. The number of ether oxygens (including phenoxy) is 1. The highest BCUT2D eigenvalue weighted by molar-refractivity contribution is 6.03. The number of carbonyl (C=O) groups is 2. The van der Waals surface area contributed by atoms with Crippen LogP contribution in [0.2, 0.25) is 0 Å². The average Bonchev–Trinajstić information content (AvgIpc) is 3.25. The maximum atomic E-state index is 13.5. The van der Waals surface area contributed by atoms with Crippen molar-refractivity contribution in [1.29, 1.82) is 0 Å². The van der Waals surface area contributed by atoms with Gasteiger partial charge < -0.3 is 9.84 Å². The Kier molecular flexibility index (Phi) is 8.21. The topological polar surface area (TPSA) is 68.5 Å². The lowest BCUT2D eigenvalue weighted by molar-refractivity contribution is -0.137. The molecule has 0 unspecified atom stereocenters. The number of carbonyl (C=O) groups excluding carboxylic acids is 1.